The van der Waals surface area contributed by atoms with Gasteiger partial charge in [0.05, 0.1) is 4.21 Å². The molecule has 1 atom stereocenters. The van der Waals surface area contributed by atoms with Gasteiger partial charge in [0.15, 0.2) is 5.78 Å². The molecule has 2 aliphatic rings. The highest BCUT2D eigenvalue weighted by Crippen LogP contribution is 2.50. The molecule has 0 aromatic carbocycles. The second-order valence-electron chi connectivity index (χ2n) is 9.79. The molecule has 4 rings (SSSR count). The molecule has 2 N–H and O–H groups in total. The molecule has 0 radical (unpaired) electrons. The number of dihydropyridines is 1. The topological polar surface area (TPSA) is 71.1 Å². The minimum atomic E-state index is -0.379. The summed E-state index contributed by atoms with van der Waals surface area (Å²) in [6.07, 6.45) is 2.20. The van der Waals surface area contributed by atoms with E-state index in [-0.39, 0.29) is 23.0 Å². The minimum Gasteiger partial charge on any atom is -0.362 e. The lowest BCUT2D eigenvalue weighted by Gasteiger charge is -2.39. The predicted molar refractivity (Wildman–Crippen MR) is 141 cm³/mol. The summed E-state index contributed by atoms with van der Waals surface area (Å²) in [6.45, 7) is 12.4. The fourth-order valence-corrected chi connectivity index (χ4v) is 7.28. The molecule has 0 spiro atoms. The molecule has 1 unspecified atom stereocenters. The molecule has 1 amide bonds. The van der Waals surface area contributed by atoms with Gasteiger partial charge in [0.2, 0.25) is 0 Å². The second kappa shape index (κ2) is 9.70. The van der Waals surface area contributed by atoms with Gasteiger partial charge in [-0.1, -0.05) is 33.8 Å². The first-order valence-electron chi connectivity index (χ1n) is 11.9. The van der Waals surface area contributed by atoms with Crippen molar-refractivity contribution in [2.75, 3.05) is 11.1 Å². The number of aromatic nitrogens is 1. The van der Waals surface area contributed by atoms with E-state index in [0.29, 0.717) is 17.8 Å². The maximum Gasteiger partial charge on any atom is 0.255 e. The average molecular weight is 496 g/mol. The number of thioether (sulfide) groups is 1. The Morgan fingerprint density at radius 3 is 2.71 bits per heavy atom. The molecule has 0 bridgehead atoms. The van der Waals surface area contributed by atoms with Gasteiger partial charge in [0.1, 0.15) is 5.82 Å². The van der Waals surface area contributed by atoms with E-state index < -0.39 is 0 Å². The summed E-state index contributed by atoms with van der Waals surface area (Å²) in [5.41, 5.74) is 4.94. The van der Waals surface area contributed by atoms with Crippen LogP contribution < -0.4 is 10.6 Å². The SMILES string of the molecule is CCSc1sc(CC)cc1C1C(C(=O)Nc2cccc(C)n2)=C(C)NC2=C1C(=O)CC(C)(C)C2. The van der Waals surface area contributed by atoms with Crippen LogP contribution in [0.1, 0.15) is 69.5 Å². The Bertz CT molecular complexity index is 1210. The minimum absolute atomic E-state index is 0.108. The molecule has 180 valence electrons. The van der Waals surface area contributed by atoms with E-state index in [4.69, 9.17) is 0 Å². The summed E-state index contributed by atoms with van der Waals surface area (Å²) in [6, 6.07) is 7.78. The van der Waals surface area contributed by atoms with Gasteiger partial charge in [-0.05, 0) is 61.6 Å². The van der Waals surface area contributed by atoms with E-state index in [1.54, 1.807) is 29.2 Å². The monoisotopic (exact) mass is 495 g/mol. The maximum absolute atomic E-state index is 13.7. The van der Waals surface area contributed by atoms with Crippen molar-refractivity contribution in [3.63, 3.8) is 0 Å². The molecule has 2 aromatic rings. The number of Topliss-reactive ketones (excluding diaryl/α,β-unsaturated/α-hetero) is 1. The number of pyridine rings is 1. The molecule has 0 fully saturated rings. The average Bonchev–Trinajstić information content (AvgIpc) is 3.14. The van der Waals surface area contributed by atoms with Gasteiger partial charge in [-0.3, -0.25) is 9.59 Å². The van der Waals surface area contributed by atoms with Crippen LogP contribution in [0.2, 0.25) is 0 Å². The normalized spacial score (nSPS) is 19.7. The van der Waals surface area contributed by atoms with Crippen LogP contribution in [0.15, 0.2) is 51.0 Å². The van der Waals surface area contributed by atoms with E-state index in [1.165, 1.54) is 9.09 Å². The van der Waals surface area contributed by atoms with Gasteiger partial charge >= 0.3 is 0 Å². The second-order valence-corrected chi connectivity index (χ2v) is 12.5. The molecule has 1 aliphatic heterocycles. The van der Waals surface area contributed by atoms with Crippen LogP contribution in [0.3, 0.4) is 0 Å². The third kappa shape index (κ3) is 4.86. The standard InChI is InChI=1S/C27H33N3O2S2/c1-7-17-12-18(26(34-17)33-8-2)23-22(25(32)30-21-11-9-10-15(3)28-21)16(4)29-19-13-27(5,6)14-20(31)24(19)23/h9-12,23,29H,7-8,13-14H2,1-6H3,(H,28,30,32). The lowest BCUT2D eigenvalue weighted by atomic mass is 9.69. The number of rotatable bonds is 6. The Kier molecular flexibility index (Phi) is 7.06. The summed E-state index contributed by atoms with van der Waals surface area (Å²) in [5, 5.41) is 6.45. The predicted octanol–water partition coefficient (Wildman–Crippen LogP) is 6.37. The first-order chi connectivity index (χ1) is 16.1. The Hall–Kier alpha value is -2.38. The Balaban J connectivity index is 1.86. The summed E-state index contributed by atoms with van der Waals surface area (Å²) in [4.78, 5) is 33.0. The number of amides is 1. The fraction of sp³-hybridized carbons (Fsp3) is 0.444. The lowest BCUT2D eigenvalue weighted by Crippen LogP contribution is -2.39. The summed E-state index contributed by atoms with van der Waals surface area (Å²) in [5.74, 6) is 0.991. The number of hydrogen-bond donors (Lipinski definition) is 2. The first kappa shape index (κ1) is 24.7. The van der Waals surface area contributed by atoms with E-state index in [0.717, 1.165) is 46.8 Å². The molecule has 2 aromatic heterocycles. The van der Waals surface area contributed by atoms with E-state index in [1.807, 2.05) is 26.0 Å². The van der Waals surface area contributed by atoms with Gasteiger partial charge in [0, 0.05) is 45.5 Å². The van der Waals surface area contributed by atoms with Crippen molar-refractivity contribution in [3.8, 4) is 0 Å². The summed E-state index contributed by atoms with van der Waals surface area (Å²) >= 11 is 3.57. The highest BCUT2D eigenvalue weighted by Gasteiger charge is 2.43. The van der Waals surface area contributed by atoms with Crippen LogP contribution in [0.4, 0.5) is 5.82 Å². The number of thiophene rings is 1. The van der Waals surface area contributed by atoms with Crippen molar-refractivity contribution >= 4 is 40.6 Å². The van der Waals surface area contributed by atoms with Gasteiger partial charge in [-0.2, -0.15) is 0 Å². The molecule has 0 saturated heterocycles. The van der Waals surface area contributed by atoms with Crippen LogP contribution >= 0.6 is 23.1 Å². The van der Waals surface area contributed by atoms with Gasteiger partial charge < -0.3 is 10.6 Å². The van der Waals surface area contributed by atoms with Crippen molar-refractivity contribution in [2.45, 2.75) is 70.9 Å². The first-order valence-corrected chi connectivity index (χ1v) is 13.7. The molecule has 5 nitrogen and oxygen atoms in total. The largest absolute Gasteiger partial charge is 0.362 e. The number of carbonyl (C=O) groups is 2. The van der Waals surface area contributed by atoms with E-state index >= 15 is 0 Å². The van der Waals surface area contributed by atoms with Crippen molar-refractivity contribution in [3.05, 3.63) is 62.9 Å². The van der Waals surface area contributed by atoms with Gasteiger partial charge in [-0.15, -0.1) is 23.1 Å². The highest BCUT2D eigenvalue weighted by molar-refractivity contribution is 8.01. The van der Waals surface area contributed by atoms with Crippen LogP contribution in [-0.2, 0) is 16.0 Å². The van der Waals surface area contributed by atoms with Crippen molar-refractivity contribution in [2.24, 2.45) is 5.41 Å². The Morgan fingerprint density at radius 1 is 1.26 bits per heavy atom. The molecular formula is C27H33N3O2S2. The zero-order chi connectivity index (χ0) is 24.6. The van der Waals surface area contributed by atoms with Crippen molar-refractivity contribution in [1.29, 1.82) is 0 Å². The van der Waals surface area contributed by atoms with Crippen LogP contribution in [0.5, 0.6) is 0 Å². The third-order valence-corrected chi connectivity index (χ3v) is 8.81. The lowest BCUT2D eigenvalue weighted by molar-refractivity contribution is -0.118. The molecular weight excluding hydrogens is 462 g/mol. The number of allylic oxidation sites excluding steroid dienone is 3. The number of ketones is 1. The number of hydrogen-bond acceptors (Lipinski definition) is 6. The van der Waals surface area contributed by atoms with Crippen LogP contribution in [-0.4, -0.2) is 22.4 Å². The molecule has 7 heteroatoms. The highest BCUT2D eigenvalue weighted by atomic mass is 32.2. The quantitative estimate of drug-likeness (QED) is 0.456. The number of aryl methyl sites for hydroxylation is 2. The number of carbonyl (C=O) groups excluding carboxylic acids is 2. The van der Waals surface area contributed by atoms with Crippen LogP contribution in [0, 0.1) is 12.3 Å². The maximum atomic E-state index is 13.7. The van der Waals surface area contributed by atoms with E-state index in [9.17, 15) is 9.59 Å². The van der Waals surface area contributed by atoms with Gasteiger partial charge in [-0.25, -0.2) is 4.98 Å². The molecule has 3 heterocycles. The summed E-state index contributed by atoms with van der Waals surface area (Å²) in [7, 11) is 0. The number of nitrogens with zero attached hydrogens (tertiary/aromatic N) is 1. The Labute approximate surface area is 210 Å². The summed E-state index contributed by atoms with van der Waals surface area (Å²) < 4.78 is 1.20. The third-order valence-electron chi connectivity index (χ3n) is 6.33. The Morgan fingerprint density at radius 2 is 2.03 bits per heavy atom. The molecule has 0 saturated carbocycles. The zero-order valence-electron chi connectivity index (χ0n) is 20.8. The fourth-order valence-electron chi connectivity index (χ4n) is 4.90. The number of anilines is 1. The van der Waals surface area contributed by atoms with Gasteiger partial charge in [0.25, 0.3) is 5.91 Å². The van der Waals surface area contributed by atoms with Crippen molar-refractivity contribution < 1.29 is 9.59 Å². The van der Waals surface area contributed by atoms with Crippen LogP contribution in [0.25, 0.3) is 0 Å². The molecule has 1 aliphatic carbocycles. The number of nitrogens with one attached hydrogen (secondary N) is 2. The van der Waals surface area contributed by atoms with E-state index in [2.05, 4.69) is 49.4 Å². The smallest absolute Gasteiger partial charge is 0.255 e. The zero-order valence-corrected chi connectivity index (χ0v) is 22.4. The molecule has 34 heavy (non-hydrogen) atoms. The van der Waals surface area contributed by atoms with Crippen molar-refractivity contribution in [1.82, 2.24) is 10.3 Å².